The van der Waals surface area contributed by atoms with Crippen molar-refractivity contribution in [1.29, 1.82) is 0 Å². The first-order chi connectivity index (χ1) is 9.16. The first kappa shape index (κ1) is 12.1. The number of anilines is 1. The molecule has 98 valence electrons. The van der Waals surface area contributed by atoms with Gasteiger partial charge >= 0.3 is 0 Å². The normalized spacial score (nSPS) is 15.3. The highest BCUT2D eigenvalue weighted by Crippen LogP contribution is 2.39. The van der Waals surface area contributed by atoms with Crippen LogP contribution in [-0.4, -0.2) is 10.2 Å². The summed E-state index contributed by atoms with van der Waals surface area (Å²) in [4.78, 5) is 0. The second-order valence-corrected chi connectivity index (χ2v) is 5.11. The predicted octanol–water partition coefficient (Wildman–Crippen LogP) is 3.44. The molecule has 0 amide bonds. The predicted molar refractivity (Wildman–Crippen MR) is 73.2 cm³/mol. The first-order valence-electron chi connectivity index (χ1n) is 6.55. The molecule has 1 aromatic heterocycles. The average molecular weight is 257 g/mol. The van der Waals surface area contributed by atoms with Crippen LogP contribution in [0.3, 0.4) is 0 Å². The number of rotatable bonds is 2. The Hall–Kier alpha value is -1.97. The van der Waals surface area contributed by atoms with E-state index in [0.29, 0.717) is 23.0 Å². The third-order valence-electron chi connectivity index (χ3n) is 3.93. The van der Waals surface area contributed by atoms with E-state index in [-0.39, 0.29) is 5.82 Å². The number of aromatic nitrogens is 2. The van der Waals surface area contributed by atoms with E-state index >= 15 is 0 Å². The van der Waals surface area contributed by atoms with Crippen molar-refractivity contribution in [3.63, 3.8) is 0 Å². The van der Waals surface area contributed by atoms with E-state index in [2.05, 4.69) is 10.2 Å². The summed E-state index contributed by atoms with van der Waals surface area (Å²) in [5, 5.41) is 7.72. The lowest BCUT2D eigenvalue weighted by Crippen LogP contribution is -2.11. The van der Waals surface area contributed by atoms with Crippen LogP contribution in [0.15, 0.2) is 24.3 Å². The maximum Gasteiger partial charge on any atom is 0.146 e. The summed E-state index contributed by atoms with van der Waals surface area (Å²) in [6, 6.07) is 7.16. The number of benzene rings is 1. The largest absolute Gasteiger partial charge is 0.382 e. The number of hydrogen-bond acceptors (Lipinski definition) is 3. The maximum absolute atomic E-state index is 14.5. The van der Waals surface area contributed by atoms with E-state index < -0.39 is 0 Å². The Bertz CT molecular complexity index is 604. The van der Waals surface area contributed by atoms with Crippen LogP contribution in [0.4, 0.5) is 10.2 Å². The summed E-state index contributed by atoms with van der Waals surface area (Å²) in [6.07, 6.45) is 3.58. The Morgan fingerprint density at radius 1 is 1.16 bits per heavy atom. The van der Waals surface area contributed by atoms with Gasteiger partial charge in [0.15, 0.2) is 0 Å². The van der Waals surface area contributed by atoms with Crippen molar-refractivity contribution in [2.24, 2.45) is 0 Å². The van der Waals surface area contributed by atoms with Gasteiger partial charge in [-0.15, -0.1) is 10.2 Å². The average Bonchev–Trinajstić information content (AvgIpc) is 2.35. The van der Waals surface area contributed by atoms with E-state index in [4.69, 9.17) is 5.73 Å². The van der Waals surface area contributed by atoms with Crippen LogP contribution in [0.25, 0.3) is 11.3 Å². The standard InChI is InChI=1S/C15H16FN3/c1-9-11(10-3-2-4-10)5-6-12(15(9)16)13-7-8-14(17)19-18-13/h5-8,10H,2-4H2,1H3,(H2,17,19). The summed E-state index contributed by atoms with van der Waals surface area (Å²) in [5.74, 6) is 0.677. The summed E-state index contributed by atoms with van der Waals surface area (Å²) in [7, 11) is 0. The zero-order chi connectivity index (χ0) is 13.4. The molecule has 1 aliphatic carbocycles. The minimum atomic E-state index is -0.191. The van der Waals surface area contributed by atoms with Crippen LogP contribution in [0.2, 0.25) is 0 Å². The quantitative estimate of drug-likeness (QED) is 0.896. The van der Waals surface area contributed by atoms with Gasteiger partial charge in [-0.05, 0) is 55.0 Å². The Balaban J connectivity index is 2.03. The van der Waals surface area contributed by atoms with E-state index in [1.807, 2.05) is 13.0 Å². The van der Waals surface area contributed by atoms with Gasteiger partial charge in [-0.25, -0.2) is 4.39 Å². The third-order valence-corrected chi connectivity index (χ3v) is 3.93. The fraction of sp³-hybridized carbons (Fsp3) is 0.333. The van der Waals surface area contributed by atoms with Gasteiger partial charge in [0.25, 0.3) is 0 Å². The Labute approximate surface area is 111 Å². The monoisotopic (exact) mass is 257 g/mol. The lowest BCUT2D eigenvalue weighted by Gasteiger charge is -2.27. The number of nitrogens with two attached hydrogens (primary N) is 1. The van der Waals surface area contributed by atoms with Crippen molar-refractivity contribution < 1.29 is 4.39 Å². The van der Waals surface area contributed by atoms with Crippen LogP contribution in [0, 0.1) is 12.7 Å². The molecule has 0 unspecified atom stereocenters. The van der Waals surface area contributed by atoms with Crippen molar-refractivity contribution in [3.8, 4) is 11.3 Å². The van der Waals surface area contributed by atoms with Gasteiger partial charge in [0.2, 0.25) is 0 Å². The van der Waals surface area contributed by atoms with Gasteiger partial charge in [0, 0.05) is 5.56 Å². The molecule has 1 heterocycles. The lowest BCUT2D eigenvalue weighted by molar-refractivity contribution is 0.416. The molecule has 0 bridgehead atoms. The Kier molecular flexibility index (Phi) is 2.93. The van der Waals surface area contributed by atoms with Crippen molar-refractivity contribution in [2.75, 3.05) is 5.73 Å². The molecular formula is C15H16FN3. The molecule has 0 saturated heterocycles. The molecule has 3 rings (SSSR count). The molecule has 1 saturated carbocycles. The van der Waals surface area contributed by atoms with Crippen LogP contribution in [-0.2, 0) is 0 Å². The van der Waals surface area contributed by atoms with Crippen LogP contribution < -0.4 is 5.73 Å². The minimum Gasteiger partial charge on any atom is -0.382 e. The second-order valence-electron chi connectivity index (χ2n) is 5.11. The van der Waals surface area contributed by atoms with E-state index in [1.165, 1.54) is 19.3 Å². The van der Waals surface area contributed by atoms with Crippen LogP contribution in [0.5, 0.6) is 0 Å². The van der Waals surface area contributed by atoms with E-state index in [1.54, 1.807) is 18.2 Å². The van der Waals surface area contributed by atoms with Crippen LogP contribution in [0.1, 0.15) is 36.3 Å². The molecule has 0 atom stereocenters. The van der Waals surface area contributed by atoms with Crippen molar-refractivity contribution in [3.05, 3.63) is 41.2 Å². The molecule has 2 aromatic rings. The highest BCUT2D eigenvalue weighted by molar-refractivity contribution is 5.62. The van der Waals surface area contributed by atoms with E-state index in [9.17, 15) is 4.39 Å². The molecular weight excluding hydrogens is 241 g/mol. The summed E-state index contributed by atoms with van der Waals surface area (Å²) >= 11 is 0. The van der Waals surface area contributed by atoms with E-state index in [0.717, 1.165) is 11.1 Å². The molecule has 0 aliphatic heterocycles. The molecule has 3 nitrogen and oxygen atoms in total. The molecule has 0 radical (unpaired) electrons. The van der Waals surface area contributed by atoms with Gasteiger partial charge in [-0.2, -0.15) is 0 Å². The first-order valence-corrected chi connectivity index (χ1v) is 6.55. The summed E-state index contributed by atoms with van der Waals surface area (Å²) < 4.78 is 14.5. The van der Waals surface area contributed by atoms with Crippen molar-refractivity contribution in [2.45, 2.75) is 32.1 Å². The SMILES string of the molecule is Cc1c(C2CCC2)ccc(-c2ccc(N)nn2)c1F. The highest BCUT2D eigenvalue weighted by Gasteiger charge is 2.23. The molecule has 4 heteroatoms. The van der Waals surface area contributed by atoms with Gasteiger partial charge in [-0.3, -0.25) is 0 Å². The second kappa shape index (κ2) is 4.61. The minimum absolute atomic E-state index is 0.191. The van der Waals surface area contributed by atoms with Crippen molar-refractivity contribution >= 4 is 5.82 Å². The van der Waals surface area contributed by atoms with Gasteiger partial charge < -0.3 is 5.73 Å². The number of halogens is 1. The maximum atomic E-state index is 14.5. The topological polar surface area (TPSA) is 51.8 Å². The molecule has 0 spiro atoms. The Morgan fingerprint density at radius 3 is 2.53 bits per heavy atom. The Morgan fingerprint density at radius 2 is 1.95 bits per heavy atom. The zero-order valence-corrected chi connectivity index (χ0v) is 10.9. The fourth-order valence-corrected chi connectivity index (χ4v) is 2.55. The van der Waals surface area contributed by atoms with Crippen molar-refractivity contribution in [1.82, 2.24) is 10.2 Å². The zero-order valence-electron chi connectivity index (χ0n) is 10.9. The molecule has 1 aliphatic rings. The summed E-state index contributed by atoms with van der Waals surface area (Å²) in [6.45, 7) is 1.84. The lowest BCUT2D eigenvalue weighted by atomic mass is 9.78. The van der Waals surface area contributed by atoms with Gasteiger partial charge in [-0.1, -0.05) is 12.5 Å². The van der Waals surface area contributed by atoms with Gasteiger partial charge in [0.05, 0.1) is 5.69 Å². The smallest absolute Gasteiger partial charge is 0.146 e. The molecule has 19 heavy (non-hydrogen) atoms. The number of hydrogen-bond donors (Lipinski definition) is 1. The molecule has 2 N–H and O–H groups in total. The highest BCUT2D eigenvalue weighted by atomic mass is 19.1. The molecule has 1 fully saturated rings. The summed E-state index contributed by atoms with van der Waals surface area (Å²) in [5.41, 5.74) is 8.38. The fourth-order valence-electron chi connectivity index (χ4n) is 2.55. The molecule has 1 aromatic carbocycles. The van der Waals surface area contributed by atoms with Gasteiger partial charge in [0.1, 0.15) is 11.6 Å². The van der Waals surface area contributed by atoms with Crippen LogP contribution >= 0.6 is 0 Å². The number of nitrogens with zero attached hydrogens (tertiary/aromatic N) is 2. The number of nitrogen functional groups attached to an aromatic ring is 1. The third kappa shape index (κ3) is 2.07.